The molecule has 1 saturated heterocycles. The van der Waals surface area contributed by atoms with Crippen molar-refractivity contribution in [1.29, 1.82) is 5.26 Å². The van der Waals surface area contributed by atoms with Crippen molar-refractivity contribution >= 4 is 17.7 Å². The second-order valence-corrected chi connectivity index (χ2v) is 7.18. The van der Waals surface area contributed by atoms with Crippen molar-refractivity contribution in [2.45, 2.75) is 16.0 Å². The normalized spacial score (nSPS) is 15.6. The van der Waals surface area contributed by atoms with Crippen molar-refractivity contribution < 1.29 is 18.3 Å². The van der Waals surface area contributed by atoms with Gasteiger partial charge in [-0.3, -0.25) is 0 Å². The number of aromatic hydroxyl groups is 1. The molecular formula is C17H16F3N5OS. The van der Waals surface area contributed by atoms with E-state index in [1.807, 2.05) is 11.9 Å². The summed E-state index contributed by atoms with van der Waals surface area (Å²) in [6.45, 7) is 3.16. The van der Waals surface area contributed by atoms with E-state index in [0.29, 0.717) is 5.95 Å². The molecule has 0 amide bonds. The minimum atomic E-state index is -4.63. The van der Waals surface area contributed by atoms with Crippen molar-refractivity contribution in [3.8, 4) is 11.9 Å². The maximum Gasteiger partial charge on any atom is 0.417 e. The Hall–Kier alpha value is -2.51. The number of nitriles is 1. The predicted molar refractivity (Wildman–Crippen MR) is 93.7 cm³/mol. The van der Waals surface area contributed by atoms with Gasteiger partial charge in [-0.15, -0.1) is 0 Å². The first-order valence-corrected chi connectivity index (χ1v) is 8.88. The van der Waals surface area contributed by atoms with Crippen LogP contribution < -0.4 is 4.90 Å². The van der Waals surface area contributed by atoms with Crippen LogP contribution in [0, 0.1) is 11.3 Å². The first-order valence-electron chi connectivity index (χ1n) is 8.06. The number of aromatic nitrogens is 2. The third-order valence-corrected chi connectivity index (χ3v) is 5.15. The van der Waals surface area contributed by atoms with Crippen molar-refractivity contribution in [2.75, 3.05) is 38.1 Å². The molecule has 0 atom stereocenters. The zero-order chi connectivity index (χ0) is 19.6. The topological polar surface area (TPSA) is 76.3 Å². The zero-order valence-corrected chi connectivity index (χ0v) is 15.2. The molecule has 6 nitrogen and oxygen atoms in total. The number of benzene rings is 1. The van der Waals surface area contributed by atoms with Crippen LogP contribution in [0.2, 0.25) is 0 Å². The second kappa shape index (κ2) is 7.62. The van der Waals surface area contributed by atoms with E-state index in [9.17, 15) is 18.3 Å². The third kappa shape index (κ3) is 4.43. The molecule has 142 valence electrons. The highest BCUT2D eigenvalue weighted by Gasteiger charge is 2.34. The molecule has 1 aromatic heterocycles. The highest BCUT2D eigenvalue weighted by Crippen LogP contribution is 2.38. The van der Waals surface area contributed by atoms with Crippen LogP contribution >= 0.6 is 11.8 Å². The number of hydrogen-bond acceptors (Lipinski definition) is 7. The summed E-state index contributed by atoms with van der Waals surface area (Å²) in [5.41, 5.74) is -1.46. The average Bonchev–Trinajstić information content (AvgIpc) is 2.63. The summed E-state index contributed by atoms with van der Waals surface area (Å²) >= 11 is 0.908. The van der Waals surface area contributed by atoms with Gasteiger partial charge in [0.05, 0.1) is 28.3 Å². The van der Waals surface area contributed by atoms with E-state index in [1.54, 1.807) is 0 Å². The molecule has 1 aromatic carbocycles. The minimum absolute atomic E-state index is 0.229. The molecule has 27 heavy (non-hydrogen) atoms. The van der Waals surface area contributed by atoms with Crippen LogP contribution in [0.3, 0.4) is 0 Å². The van der Waals surface area contributed by atoms with Crippen LogP contribution in [0.5, 0.6) is 5.88 Å². The van der Waals surface area contributed by atoms with Gasteiger partial charge in [-0.2, -0.15) is 23.4 Å². The number of hydrogen-bond donors (Lipinski definition) is 1. The monoisotopic (exact) mass is 395 g/mol. The van der Waals surface area contributed by atoms with Crippen LogP contribution in [0.15, 0.2) is 34.2 Å². The van der Waals surface area contributed by atoms with Crippen LogP contribution in [-0.2, 0) is 6.18 Å². The Labute approximate surface area is 158 Å². The summed E-state index contributed by atoms with van der Waals surface area (Å²) < 4.78 is 39.2. The van der Waals surface area contributed by atoms with E-state index in [2.05, 4.69) is 14.9 Å². The molecule has 2 heterocycles. The van der Waals surface area contributed by atoms with Gasteiger partial charge in [0.15, 0.2) is 0 Å². The number of nitrogens with zero attached hydrogens (tertiary/aromatic N) is 5. The summed E-state index contributed by atoms with van der Waals surface area (Å²) in [7, 11) is 2.02. The lowest BCUT2D eigenvalue weighted by Crippen LogP contribution is -2.45. The van der Waals surface area contributed by atoms with Crippen molar-refractivity contribution in [3.63, 3.8) is 0 Å². The summed E-state index contributed by atoms with van der Waals surface area (Å²) in [5.74, 6) is 0.0996. The molecule has 1 aliphatic rings. The van der Waals surface area contributed by atoms with Gasteiger partial charge in [0.2, 0.25) is 11.8 Å². The number of anilines is 1. The van der Waals surface area contributed by atoms with E-state index in [4.69, 9.17) is 5.26 Å². The number of alkyl halides is 3. The van der Waals surface area contributed by atoms with Crippen molar-refractivity contribution in [2.24, 2.45) is 0 Å². The van der Waals surface area contributed by atoms with Gasteiger partial charge in [-0.25, -0.2) is 4.98 Å². The largest absolute Gasteiger partial charge is 0.492 e. The molecule has 0 spiro atoms. The lowest BCUT2D eigenvalue weighted by atomic mass is 10.1. The van der Waals surface area contributed by atoms with E-state index in [-0.39, 0.29) is 15.7 Å². The molecule has 2 aromatic rings. The highest BCUT2D eigenvalue weighted by atomic mass is 32.2. The molecule has 10 heteroatoms. The maximum atomic E-state index is 13.1. The van der Waals surface area contributed by atoms with Gasteiger partial charge in [-0.05, 0) is 25.2 Å². The number of likely N-dealkylation sites (N-methyl/N-ethyl adjacent to an activating group) is 1. The van der Waals surface area contributed by atoms with Crippen LogP contribution in [-0.4, -0.2) is 53.2 Å². The van der Waals surface area contributed by atoms with Gasteiger partial charge in [0.25, 0.3) is 0 Å². The molecule has 0 aliphatic carbocycles. The molecule has 3 rings (SSSR count). The fourth-order valence-corrected chi connectivity index (χ4v) is 3.44. The molecule has 1 N–H and O–H groups in total. The zero-order valence-electron chi connectivity index (χ0n) is 14.4. The summed E-state index contributed by atoms with van der Waals surface area (Å²) in [6.07, 6.45) is -3.24. The molecule has 0 radical (unpaired) electrons. The number of halogens is 3. The van der Waals surface area contributed by atoms with Gasteiger partial charge >= 0.3 is 6.18 Å². The van der Waals surface area contributed by atoms with Crippen molar-refractivity contribution in [3.05, 3.63) is 35.5 Å². The molecule has 0 bridgehead atoms. The Balaban J connectivity index is 1.81. The minimum Gasteiger partial charge on any atom is -0.492 e. The van der Waals surface area contributed by atoms with Gasteiger partial charge < -0.3 is 14.9 Å². The molecule has 1 aliphatic heterocycles. The van der Waals surface area contributed by atoms with Gasteiger partial charge in [0.1, 0.15) is 0 Å². The molecule has 0 saturated carbocycles. The Kier molecular flexibility index (Phi) is 5.43. The Bertz CT molecular complexity index is 876. The predicted octanol–water partition coefficient (Wildman–Crippen LogP) is 2.98. The Morgan fingerprint density at radius 1 is 1.22 bits per heavy atom. The van der Waals surface area contributed by atoms with Gasteiger partial charge in [0, 0.05) is 31.1 Å². The lowest BCUT2D eigenvalue weighted by molar-refractivity contribution is -0.137. The summed E-state index contributed by atoms with van der Waals surface area (Å²) in [4.78, 5) is 12.9. The maximum absolute atomic E-state index is 13.1. The van der Waals surface area contributed by atoms with E-state index >= 15 is 0 Å². The third-order valence-electron chi connectivity index (χ3n) is 4.15. The SMILES string of the molecule is CN1CCN(c2ncc(Sc3ccc(C#N)c(C(F)(F)F)c3)c(O)n2)CC1. The number of piperazine rings is 1. The Morgan fingerprint density at radius 2 is 1.93 bits per heavy atom. The molecule has 1 fully saturated rings. The fourth-order valence-electron chi connectivity index (χ4n) is 2.63. The van der Waals surface area contributed by atoms with Crippen LogP contribution in [0.4, 0.5) is 19.1 Å². The van der Waals surface area contributed by atoms with Crippen LogP contribution in [0.25, 0.3) is 0 Å². The summed E-state index contributed by atoms with van der Waals surface area (Å²) in [6, 6.07) is 4.93. The Morgan fingerprint density at radius 3 is 2.52 bits per heavy atom. The average molecular weight is 395 g/mol. The standard InChI is InChI=1S/C17H16F3N5OS/c1-24-4-6-25(7-5-24)16-22-10-14(15(26)23-16)27-12-3-2-11(9-21)13(8-12)17(18,19)20/h2-3,8,10H,4-7H2,1H3,(H,22,23,26). The van der Waals surface area contributed by atoms with E-state index < -0.39 is 17.3 Å². The van der Waals surface area contributed by atoms with Crippen LogP contribution in [0.1, 0.15) is 11.1 Å². The first kappa shape index (κ1) is 19.3. The first-order chi connectivity index (χ1) is 12.8. The molecule has 0 unspecified atom stereocenters. The molecular weight excluding hydrogens is 379 g/mol. The van der Waals surface area contributed by atoms with E-state index in [0.717, 1.165) is 50.1 Å². The lowest BCUT2D eigenvalue weighted by Gasteiger charge is -2.32. The van der Waals surface area contributed by atoms with Gasteiger partial charge in [-0.1, -0.05) is 11.8 Å². The second-order valence-electron chi connectivity index (χ2n) is 6.07. The highest BCUT2D eigenvalue weighted by molar-refractivity contribution is 7.99. The van der Waals surface area contributed by atoms with Crippen molar-refractivity contribution in [1.82, 2.24) is 14.9 Å². The smallest absolute Gasteiger partial charge is 0.417 e. The number of rotatable bonds is 3. The quantitative estimate of drug-likeness (QED) is 0.856. The fraction of sp³-hybridized carbons (Fsp3) is 0.353. The van der Waals surface area contributed by atoms with E-state index in [1.165, 1.54) is 18.3 Å². The summed E-state index contributed by atoms with van der Waals surface area (Å²) in [5, 5.41) is 19.0.